The molecule has 0 amide bonds. The smallest absolute Gasteiger partial charge is 0.265 e. The zero-order chi connectivity index (χ0) is 13.7. The first kappa shape index (κ1) is 14.1. The summed E-state index contributed by atoms with van der Waals surface area (Å²) >= 11 is 0. The van der Waals surface area contributed by atoms with Gasteiger partial charge in [-0.2, -0.15) is 0 Å². The summed E-state index contributed by atoms with van der Waals surface area (Å²) in [6.07, 6.45) is 0.847. The molecule has 106 valence electrons. The molecule has 0 bridgehead atoms. The Hall–Kier alpha value is -1.36. The van der Waals surface area contributed by atoms with E-state index < -0.39 is 6.43 Å². The van der Waals surface area contributed by atoms with Crippen molar-refractivity contribution < 1.29 is 13.5 Å². The van der Waals surface area contributed by atoms with Gasteiger partial charge in [0.1, 0.15) is 0 Å². The van der Waals surface area contributed by atoms with Crippen LogP contribution in [-0.2, 0) is 4.74 Å². The largest absolute Gasteiger partial charge is 0.399 e. The Morgan fingerprint density at radius 2 is 2.16 bits per heavy atom. The predicted molar refractivity (Wildman–Crippen MR) is 72.5 cm³/mol. The fourth-order valence-corrected chi connectivity index (χ4v) is 1.85. The van der Waals surface area contributed by atoms with Crippen molar-refractivity contribution in [2.45, 2.75) is 25.7 Å². The van der Waals surface area contributed by atoms with Gasteiger partial charge in [-0.1, -0.05) is 0 Å². The zero-order valence-corrected chi connectivity index (χ0v) is 10.9. The summed E-state index contributed by atoms with van der Waals surface area (Å²) < 4.78 is 31.1. The number of anilines is 2. The quantitative estimate of drug-likeness (QED) is 0.562. The monoisotopic (exact) mass is 270 g/mol. The van der Waals surface area contributed by atoms with E-state index in [1.165, 1.54) is 18.9 Å². The highest BCUT2D eigenvalue weighted by atomic mass is 19.3. The molecule has 0 heterocycles. The minimum atomic E-state index is -2.52. The molecule has 1 saturated carbocycles. The molecule has 1 aromatic rings. The van der Waals surface area contributed by atoms with E-state index >= 15 is 0 Å². The van der Waals surface area contributed by atoms with Crippen LogP contribution in [0.2, 0.25) is 0 Å². The van der Waals surface area contributed by atoms with Crippen LogP contribution in [0.5, 0.6) is 0 Å². The number of hydrogen-bond donors (Lipinski definition) is 2. The minimum absolute atomic E-state index is 0.0427. The van der Waals surface area contributed by atoms with Crippen LogP contribution in [0.4, 0.5) is 20.2 Å². The van der Waals surface area contributed by atoms with E-state index in [-0.39, 0.29) is 5.56 Å². The summed E-state index contributed by atoms with van der Waals surface area (Å²) in [5.74, 6) is 0.760. The molecule has 1 aromatic carbocycles. The number of halogens is 2. The maximum absolute atomic E-state index is 12.8. The summed E-state index contributed by atoms with van der Waals surface area (Å²) in [6, 6.07) is 4.54. The highest BCUT2D eigenvalue weighted by Crippen LogP contribution is 2.29. The molecule has 1 fully saturated rings. The van der Waals surface area contributed by atoms with Crippen molar-refractivity contribution in [2.24, 2.45) is 5.92 Å². The molecule has 1 aliphatic rings. The molecular formula is C14H20F2N2O. The molecular weight excluding hydrogens is 250 g/mol. The van der Waals surface area contributed by atoms with Gasteiger partial charge in [-0.25, -0.2) is 8.78 Å². The maximum Gasteiger partial charge on any atom is 0.265 e. The van der Waals surface area contributed by atoms with E-state index in [1.807, 2.05) is 0 Å². The lowest BCUT2D eigenvalue weighted by Gasteiger charge is -2.12. The van der Waals surface area contributed by atoms with Crippen LogP contribution in [0.3, 0.4) is 0 Å². The molecule has 0 atom stereocenters. The molecule has 19 heavy (non-hydrogen) atoms. The summed E-state index contributed by atoms with van der Waals surface area (Å²) in [4.78, 5) is 0. The summed E-state index contributed by atoms with van der Waals surface area (Å²) in [7, 11) is 0. The topological polar surface area (TPSA) is 47.3 Å². The third kappa shape index (κ3) is 4.67. The van der Waals surface area contributed by atoms with E-state index in [9.17, 15) is 8.78 Å². The molecule has 0 spiro atoms. The molecule has 0 unspecified atom stereocenters. The molecule has 0 radical (unpaired) electrons. The van der Waals surface area contributed by atoms with Crippen molar-refractivity contribution in [2.75, 3.05) is 30.8 Å². The number of alkyl halides is 2. The van der Waals surface area contributed by atoms with Gasteiger partial charge in [0.05, 0.1) is 0 Å². The lowest BCUT2D eigenvalue weighted by molar-refractivity contribution is 0.124. The third-order valence-electron chi connectivity index (χ3n) is 3.14. The third-order valence-corrected chi connectivity index (χ3v) is 3.14. The van der Waals surface area contributed by atoms with Gasteiger partial charge in [0.25, 0.3) is 6.43 Å². The molecule has 3 N–H and O–H groups in total. The fraction of sp³-hybridized carbons (Fsp3) is 0.571. The Morgan fingerprint density at radius 3 is 2.84 bits per heavy atom. The molecule has 0 aromatic heterocycles. The number of nitrogens with one attached hydrogen (secondary N) is 1. The maximum atomic E-state index is 12.8. The minimum Gasteiger partial charge on any atom is -0.399 e. The number of benzene rings is 1. The van der Waals surface area contributed by atoms with Gasteiger partial charge >= 0.3 is 0 Å². The normalized spacial score (nSPS) is 14.9. The number of nitrogens with two attached hydrogens (primary N) is 1. The summed E-state index contributed by atoms with van der Waals surface area (Å²) in [5.41, 5.74) is 6.28. The van der Waals surface area contributed by atoms with Gasteiger partial charge in [0.15, 0.2) is 0 Å². The second kappa shape index (κ2) is 6.70. The zero-order valence-electron chi connectivity index (χ0n) is 10.9. The Bertz CT molecular complexity index is 408. The SMILES string of the molecule is Nc1ccc(NCCCOCC2CC2)c(C(F)F)c1. The first-order valence-corrected chi connectivity index (χ1v) is 6.66. The number of ether oxygens (including phenoxy) is 1. The Kier molecular flexibility index (Phi) is 4.96. The van der Waals surface area contributed by atoms with Gasteiger partial charge in [-0.05, 0) is 43.4 Å². The predicted octanol–water partition coefficient (Wildman–Crippen LogP) is 3.44. The van der Waals surface area contributed by atoms with Crippen LogP contribution < -0.4 is 11.1 Å². The molecule has 5 heteroatoms. The molecule has 0 saturated heterocycles. The van der Waals surface area contributed by atoms with Crippen molar-refractivity contribution >= 4 is 11.4 Å². The van der Waals surface area contributed by atoms with Crippen molar-refractivity contribution in [1.82, 2.24) is 0 Å². The van der Waals surface area contributed by atoms with Crippen molar-refractivity contribution in [3.8, 4) is 0 Å². The fourth-order valence-electron chi connectivity index (χ4n) is 1.85. The first-order chi connectivity index (χ1) is 9.16. The van der Waals surface area contributed by atoms with Crippen LogP contribution in [-0.4, -0.2) is 19.8 Å². The Morgan fingerprint density at radius 1 is 1.37 bits per heavy atom. The van der Waals surface area contributed by atoms with Crippen molar-refractivity contribution in [3.05, 3.63) is 23.8 Å². The molecule has 0 aliphatic heterocycles. The highest BCUT2D eigenvalue weighted by molar-refractivity contribution is 5.58. The van der Waals surface area contributed by atoms with E-state index in [0.29, 0.717) is 24.5 Å². The second-order valence-electron chi connectivity index (χ2n) is 4.95. The van der Waals surface area contributed by atoms with E-state index in [0.717, 1.165) is 18.9 Å². The molecule has 3 nitrogen and oxygen atoms in total. The van der Waals surface area contributed by atoms with Gasteiger partial charge in [0.2, 0.25) is 0 Å². The Labute approximate surface area is 112 Å². The molecule has 1 aliphatic carbocycles. The van der Waals surface area contributed by atoms with E-state index in [1.54, 1.807) is 12.1 Å². The standard InChI is InChI=1S/C14H20F2N2O/c15-14(16)12-8-11(17)4-5-13(12)18-6-1-7-19-9-10-2-3-10/h4-5,8,10,14,18H,1-3,6-7,9,17H2. The average Bonchev–Trinajstić information content (AvgIpc) is 3.19. The van der Waals surface area contributed by atoms with Crippen LogP contribution in [0.1, 0.15) is 31.3 Å². The number of nitrogen functional groups attached to an aromatic ring is 1. The summed E-state index contributed by atoms with van der Waals surface area (Å²) in [5, 5.41) is 3.01. The van der Waals surface area contributed by atoms with E-state index in [2.05, 4.69) is 5.32 Å². The van der Waals surface area contributed by atoms with Gasteiger partial charge in [-0.3, -0.25) is 0 Å². The van der Waals surface area contributed by atoms with Crippen LogP contribution in [0, 0.1) is 5.92 Å². The van der Waals surface area contributed by atoms with Crippen molar-refractivity contribution in [3.63, 3.8) is 0 Å². The van der Waals surface area contributed by atoms with Crippen LogP contribution >= 0.6 is 0 Å². The average molecular weight is 270 g/mol. The van der Waals surface area contributed by atoms with Crippen LogP contribution in [0.25, 0.3) is 0 Å². The van der Waals surface area contributed by atoms with E-state index in [4.69, 9.17) is 10.5 Å². The molecule has 2 rings (SSSR count). The van der Waals surface area contributed by atoms with Gasteiger partial charge in [-0.15, -0.1) is 0 Å². The van der Waals surface area contributed by atoms with Gasteiger partial charge < -0.3 is 15.8 Å². The number of rotatable bonds is 8. The first-order valence-electron chi connectivity index (χ1n) is 6.66. The summed E-state index contributed by atoms with van der Waals surface area (Å²) in [6.45, 7) is 2.13. The lowest BCUT2D eigenvalue weighted by atomic mass is 10.1. The lowest BCUT2D eigenvalue weighted by Crippen LogP contribution is -2.08. The highest BCUT2D eigenvalue weighted by Gasteiger charge is 2.20. The Balaban J connectivity index is 1.71. The van der Waals surface area contributed by atoms with Crippen molar-refractivity contribution in [1.29, 1.82) is 0 Å². The van der Waals surface area contributed by atoms with Crippen LogP contribution in [0.15, 0.2) is 18.2 Å². The van der Waals surface area contributed by atoms with Gasteiger partial charge in [0, 0.05) is 36.7 Å². The second-order valence-corrected chi connectivity index (χ2v) is 4.95. The number of hydrogen-bond acceptors (Lipinski definition) is 3.